The number of carbonyl (C=O) groups excluding carboxylic acids is 3. The van der Waals surface area contributed by atoms with Gasteiger partial charge in [-0.15, -0.1) is 0 Å². The lowest BCUT2D eigenvalue weighted by Crippen LogP contribution is -2.38. The van der Waals surface area contributed by atoms with Crippen molar-refractivity contribution in [2.45, 2.75) is 99.5 Å². The van der Waals surface area contributed by atoms with E-state index >= 15 is 0 Å². The first-order valence-electron chi connectivity index (χ1n) is 20.1. The van der Waals surface area contributed by atoms with Gasteiger partial charge < -0.3 is 34.8 Å². The highest BCUT2D eigenvalue weighted by molar-refractivity contribution is 6.19. The van der Waals surface area contributed by atoms with Crippen molar-refractivity contribution < 1.29 is 29.0 Å². The first kappa shape index (κ1) is 40.4. The van der Waals surface area contributed by atoms with Gasteiger partial charge in [-0.25, -0.2) is 0 Å². The van der Waals surface area contributed by atoms with Gasteiger partial charge in [0.05, 0.1) is 30.1 Å². The number of aliphatic hydroxyl groups is 1. The molecule has 56 heavy (non-hydrogen) atoms. The number of hydrogen-bond donors (Lipinski definition) is 5. The van der Waals surface area contributed by atoms with Crippen LogP contribution in [-0.2, 0) is 25.5 Å². The molecule has 5 N–H and O–H groups in total. The van der Waals surface area contributed by atoms with Crippen LogP contribution in [0.5, 0.6) is 0 Å². The van der Waals surface area contributed by atoms with E-state index in [0.717, 1.165) is 74.8 Å². The first-order chi connectivity index (χ1) is 26.9. The van der Waals surface area contributed by atoms with Gasteiger partial charge in [-0.3, -0.25) is 14.4 Å². The van der Waals surface area contributed by atoms with Crippen molar-refractivity contribution in [2.75, 3.05) is 13.7 Å². The predicted molar refractivity (Wildman–Crippen MR) is 222 cm³/mol. The van der Waals surface area contributed by atoms with Crippen LogP contribution in [0.4, 0.5) is 0 Å². The number of allylic oxidation sites excluding steroid dienone is 2. The smallest absolute Gasteiger partial charge is 0.320 e. The van der Waals surface area contributed by atoms with Crippen LogP contribution < -0.4 is 26.6 Å². The number of carbonyl (C=O) groups is 3. The molecule has 0 saturated carbocycles. The summed E-state index contributed by atoms with van der Waals surface area (Å²) in [5.41, 5.74) is 9.28. The van der Waals surface area contributed by atoms with Gasteiger partial charge in [0.2, 0.25) is 0 Å². The van der Waals surface area contributed by atoms with Crippen molar-refractivity contribution in [1.82, 2.24) is 20.3 Å². The molecule has 298 valence electrons. The Kier molecular flexibility index (Phi) is 12.2. The van der Waals surface area contributed by atoms with E-state index in [1.807, 2.05) is 45.1 Å². The lowest BCUT2D eigenvalue weighted by molar-refractivity contribution is -0.143. The van der Waals surface area contributed by atoms with E-state index in [9.17, 15) is 19.5 Å². The fourth-order valence-corrected chi connectivity index (χ4v) is 8.88. The van der Waals surface area contributed by atoms with E-state index in [2.05, 4.69) is 60.6 Å². The molecule has 8 bridgehead atoms. The summed E-state index contributed by atoms with van der Waals surface area (Å²) in [7, 11) is 1.31. The second kappa shape index (κ2) is 16.9. The number of aromatic amines is 3. The quantitative estimate of drug-likeness (QED) is 0.0859. The largest absolute Gasteiger partial charge is 0.515 e. The molecule has 10 nitrogen and oxygen atoms in total. The molecule has 0 spiro atoms. The molecule has 3 aliphatic rings. The minimum atomic E-state index is -1.14. The lowest BCUT2D eigenvalue weighted by atomic mass is 9.80. The van der Waals surface area contributed by atoms with Crippen molar-refractivity contribution in [3.05, 3.63) is 90.1 Å². The highest BCUT2D eigenvalue weighted by atomic mass is 16.5. The van der Waals surface area contributed by atoms with E-state index in [1.54, 1.807) is 0 Å². The third-order valence-electron chi connectivity index (χ3n) is 12.5. The van der Waals surface area contributed by atoms with Gasteiger partial charge in [0.25, 0.3) is 0 Å². The van der Waals surface area contributed by atoms with Crippen LogP contribution in [0.25, 0.3) is 36.1 Å². The number of nitrogens with one attached hydrogen (secondary N) is 4. The van der Waals surface area contributed by atoms with Gasteiger partial charge in [0, 0.05) is 56.8 Å². The minimum Gasteiger partial charge on any atom is -0.515 e. The summed E-state index contributed by atoms with van der Waals surface area (Å²) >= 11 is 0. The molecule has 5 atom stereocenters. The Morgan fingerprint density at radius 1 is 1.02 bits per heavy atom. The van der Waals surface area contributed by atoms with Crippen molar-refractivity contribution in [1.29, 1.82) is 0 Å². The Balaban J connectivity index is 1.46. The van der Waals surface area contributed by atoms with Crippen molar-refractivity contribution >= 4 is 53.9 Å². The number of hydrogen-bond acceptors (Lipinski definition) is 7. The predicted octanol–water partition coefficient (Wildman–Crippen LogP) is 5.65. The summed E-state index contributed by atoms with van der Waals surface area (Å²) in [5, 5.41) is 16.9. The van der Waals surface area contributed by atoms with E-state index < -0.39 is 17.9 Å². The SMILES string of the molecule is C=Cc1c2[nH]c(c1C)/C=C1\NC(C3=c4[nH]/c(c(C)c4C(=O)[C@@H]3C(=O)OC)=C\c3[nH]c(/c(=C\O)c3CC)=C\2)[C@@H](CCC(=O)OC/C=C(/C)CCC[C@H](C)CC)[C@@H]1C. The number of esters is 2. The Morgan fingerprint density at radius 2 is 1.77 bits per heavy atom. The maximum atomic E-state index is 14.3. The zero-order valence-electron chi connectivity index (χ0n) is 34.2. The Bertz CT molecular complexity index is 2370. The molecule has 0 amide bonds. The molecule has 1 fully saturated rings. The number of ether oxygens (including phenoxy) is 2. The Morgan fingerprint density at radius 3 is 2.45 bits per heavy atom. The second-order valence-electron chi connectivity index (χ2n) is 15.9. The van der Waals surface area contributed by atoms with Crippen molar-refractivity contribution in [2.24, 2.45) is 23.7 Å². The fourth-order valence-electron chi connectivity index (χ4n) is 8.88. The number of fused-ring (bicyclic) bond motifs is 8. The van der Waals surface area contributed by atoms with Crippen LogP contribution in [0, 0.1) is 37.5 Å². The lowest BCUT2D eigenvalue weighted by Gasteiger charge is -2.25. The topological polar surface area (TPSA) is 149 Å². The van der Waals surface area contributed by atoms with Gasteiger partial charge in [0.15, 0.2) is 5.78 Å². The average Bonchev–Trinajstić information content (AvgIpc) is 3.93. The molecule has 5 heterocycles. The molecular weight excluding hydrogens is 705 g/mol. The number of aliphatic hydroxyl groups excluding tert-OH is 1. The van der Waals surface area contributed by atoms with Gasteiger partial charge >= 0.3 is 11.9 Å². The summed E-state index contributed by atoms with van der Waals surface area (Å²) in [6, 6.07) is -0.469. The molecule has 1 unspecified atom stereocenters. The number of rotatable bonds is 13. The Hall–Kier alpha value is -5.25. The monoisotopic (exact) mass is 762 g/mol. The van der Waals surface area contributed by atoms with Crippen LogP contribution in [-0.4, -0.2) is 57.5 Å². The summed E-state index contributed by atoms with van der Waals surface area (Å²) < 4.78 is 11.0. The minimum absolute atomic E-state index is 0.0845. The third kappa shape index (κ3) is 7.50. The van der Waals surface area contributed by atoms with E-state index in [0.29, 0.717) is 40.5 Å². The van der Waals surface area contributed by atoms with Crippen LogP contribution in [0.2, 0.25) is 0 Å². The van der Waals surface area contributed by atoms with Crippen LogP contribution in [0.3, 0.4) is 0 Å². The molecular formula is C46H58N4O6. The molecule has 2 aliphatic heterocycles. The summed E-state index contributed by atoms with van der Waals surface area (Å²) in [6.07, 6.45) is 16.8. The summed E-state index contributed by atoms with van der Waals surface area (Å²) in [5.74, 6) is -1.89. The number of methoxy groups -OCH3 is 1. The van der Waals surface area contributed by atoms with Gasteiger partial charge in [-0.05, 0) is 105 Å². The first-order valence-corrected chi connectivity index (χ1v) is 20.1. The van der Waals surface area contributed by atoms with Crippen LogP contribution in [0.15, 0.2) is 23.9 Å². The van der Waals surface area contributed by atoms with E-state index in [4.69, 9.17) is 9.47 Å². The number of ketones is 1. The zero-order chi connectivity index (χ0) is 40.4. The van der Waals surface area contributed by atoms with Crippen molar-refractivity contribution in [3.8, 4) is 0 Å². The molecule has 1 saturated heterocycles. The molecule has 3 aromatic heterocycles. The number of aromatic nitrogens is 3. The summed E-state index contributed by atoms with van der Waals surface area (Å²) in [4.78, 5) is 51.8. The van der Waals surface area contributed by atoms with E-state index in [-0.39, 0.29) is 36.6 Å². The molecule has 0 aromatic carbocycles. The van der Waals surface area contributed by atoms with Crippen molar-refractivity contribution in [3.63, 3.8) is 0 Å². The van der Waals surface area contributed by atoms with E-state index in [1.165, 1.54) is 25.5 Å². The maximum absolute atomic E-state index is 14.3. The van der Waals surface area contributed by atoms with Gasteiger partial charge in [-0.2, -0.15) is 0 Å². The highest BCUT2D eigenvalue weighted by Gasteiger charge is 2.49. The van der Waals surface area contributed by atoms with Gasteiger partial charge in [0.1, 0.15) is 12.5 Å². The highest BCUT2D eigenvalue weighted by Crippen LogP contribution is 2.42. The van der Waals surface area contributed by atoms with Gasteiger partial charge in [-0.1, -0.05) is 58.8 Å². The van der Waals surface area contributed by atoms with Crippen LogP contribution >= 0.6 is 0 Å². The standard InChI is InChI=1S/C46H58N4O6/c1-10-24(4)14-13-15-25(5)18-19-56-39(52)17-16-31-27(7)34-20-33-26(6)29(11-2)36(47-33)22-38-32(23-51)30(12-3)37(48-38)21-35-28(8)40-44(50-35)41(43(31)49-34)42(45(40)53)46(54)55-9/h11,18,20-24,27,31,42-43,47-51H,2,10,12-17,19H2,1,3-9H3/b25-18-,32-23-,34-20-,35-21-,38-22-/t24-,27+,31+,42-,43?/m1/s1. The second-order valence-corrected chi connectivity index (χ2v) is 15.9. The third-order valence-corrected chi connectivity index (χ3v) is 12.5. The molecule has 1 aliphatic carbocycles. The normalized spacial score (nSPS) is 23.1. The zero-order valence-corrected chi connectivity index (χ0v) is 34.2. The number of H-pyrrole nitrogens is 3. The fraction of sp³-hybridized carbons (Fsp3) is 0.457. The van der Waals surface area contributed by atoms with Crippen LogP contribution in [0.1, 0.15) is 123 Å². The molecule has 6 rings (SSSR count). The summed E-state index contributed by atoms with van der Waals surface area (Å²) in [6.45, 7) is 19.0. The Labute approximate surface area is 329 Å². The molecule has 3 aromatic rings. The molecule has 0 radical (unpaired) electrons. The number of Topliss-reactive ketones (excluding diaryl/α,β-unsaturated/α-hetero) is 1. The maximum Gasteiger partial charge on any atom is 0.320 e. The average molecular weight is 763 g/mol. The molecule has 10 heteroatoms.